The Kier molecular flexibility index (Phi) is 8.81. The average molecular weight is 298 g/mol. The second-order valence-corrected chi connectivity index (χ2v) is 6.14. The number of rotatable bonds is 3. The Morgan fingerprint density at radius 3 is 2.17 bits per heavy atom. The van der Waals surface area contributed by atoms with Crippen LogP contribution in [0.5, 0.6) is 0 Å². The van der Waals surface area contributed by atoms with Crippen LogP contribution >= 0.6 is 24.8 Å². The molecule has 0 saturated carbocycles. The molecule has 0 aliphatic carbocycles. The molecule has 5 heteroatoms. The van der Waals surface area contributed by atoms with Crippen molar-refractivity contribution in [2.24, 2.45) is 5.41 Å². The number of nitrogens with zero attached hydrogens (tertiary/aromatic N) is 2. The second kappa shape index (κ2) is 8.60. The maximum absolute atomic E-state index is 3.41. The summed E-state index contributed by atoms with van der Waals surface area (Å²) in [6.07, 6.45) is 2.78. The molecule has 0 aromatic rings. The zero-order valence-corrected chi connectivity index (χ0v) is 13.4. The first kappa shape index (κ1) is 18.5. The molecule has 2 heterocycles. The lowest BCUT2D eigenvalue weighted by atomic mass is 9.84. The van der Waals surface area contributed by atoms with Crippen molar-refractivity contribution < 1.29 is 0 Å². The van der Waals surface area contributed by atoms with Crippen molar-refractivity contribution in [2.75, 3.05) is 52.4 Å². The van der Waals surface area contributed by atoms with Crippen LogP contribution < -0.4 is 5.32 Å². The van der Waals surface area contributed by atoms with Crippen molar-refractivity contribution in [3.05, 3.63) is 0 Å². The number of halogens is 2. The number of piperidine rings is 1. The molecule has 110 valence electrons. The number of likely N-dealkylation sites (tertiary alicyclic amines) is 1. The normalized spacial score (nSPS) is 25.0. The van der Waals surface area contributed by atoms with Crippen LogP contribution in [0.25, 0.3) is 0 Å². The van der Waals surface area contributed by atoms with E-state index < -0.39 is 0 Å². The van der Waals surface area contributed by atoms with Crippen LogP contribution in [-0.4, -0.2) is 62.2 Å². The van der Waals surface area contributed by atoms with E-state index >= 15 is 0 Å². The van der Waals surface area contributed by atoms with Crippen molar-refractivity contribution in [1.29, 1.82) is 0 Å². The highest BCUT2D eigenvalue weighted by molar-refractivity contribution is 5.85. The van der Waals surface area contributed by atoms with E-state index in [9.17, 15) is 0 Å². The molecule has 2 saturated heterocycles. The first-order chi connectivity index (χ1) is 7.66. The number of nitrogens with one attached hydrogen (secondary N) is 1. The fourth-order valence-corrected chi connectivity index (χ4v) is 2.95. The quantitative estimate of drug-likeness (QED) is 0.858. The van der Waals surface area contributed by atoms with Gasteiger partial charge in [0.05, 0.1) is 0 Å². The summed E-state index contributed by atoms with van der Waals surface area (Å²) in [5.74, 6) is 0. The van der Waals surface area contributed by atoms with Gasteiger partial charge in [-0.05, 0) is 24.8 Å². The van der Waals surface area contributed by atoms with Gasteiger partial charge < -0.3 is 10.2 Å². The third-order valence-corrected chi connectivity index (χ3v) is 3.92. The maximum Gasteiger partial charge on any atom is 0.0110 e. The molecule has 0 unspecified atom stereocenters. The molecule has 18 heavy (non-hydrogen) atoms. The summed E-state index contributed by atoms with van der Waals surface area (Å²) in [6, 6.07) is 0. The van der Waals surface area contributed by atoms with Gasteiger partial charge in [0.25, 0.3) is 0 Å². The molecular formula is C13H29Cl2N3. The second-order valence-electron chi connectivity index (χ2n) is 6.14. The molecule has 0 aromatic carbocycles. The zero-order chi connectivity index (χ0) is 11.4. The molecule has 0 spiro atoms. The molecule has 2 fully saturated rings. The Balaban J connectivity index is 0.00000144. The summed E-state index contributed by atoms with van der Waals surface area (Å²) in [7, 11) is 0. The molecular weight excluding hydrogens is 269 g/mol. The average Bonchev–Trinajstić information content (AvgIpc) is 2.27. The van der Waals surface area contributed by atoms with Gasteiger partial charge in [0.15, 0.2) is 0 Å². The topological polar surface area (TPSA) is 18.5 Å². The third kappa shape index (κ3) is 6.07. The fraction of sp³-hybridized carbons (Fsp3) is 1.00. The van der Waals surface area contributed by atoms with E-state index in [0.29, 0.717) is 5.41 Å². The first-order valence-electron chi connectivity index (χ1n) is 6.81. The smallest absolute Gasteiger partial charge is 0.0110 e. The largest absolute Gasteiger partial charge is 0.314 e. The molecule has 0 atom stereocenters. The fourth-order valence-electron chi connectivity index (χ4n) is 2.95. The Bertz CT molecular complexity index is 218. The van der Waals surface area contributed by atoms with Gasteiger partial charge in [0.1, 0.15) is 0 Å². The van der Waals surface area contributed by atoms with Gasteiger partial charge in [-0.15, -0.1) is 24.8 Å². The molecule has 0 amide bonds. The lowest BCUT2D eigenvalue weighted by Crippen LogP contribution is -2.48. The van der Waals surface area contributed by atoms with Crippen LogP contribution in [-0.2, 0) is 0 Å². The molecule has 0 radical (unpaired) electrons. The van der Waals surface area contributed by atoms with E-state index in [1.54, 1.807) is 0 Å². The minimum atomic E-state index is 0. The minimum Gasteiger partial charge on any atom is -0.314 e. The highest BCUT2D eigenvalue weighted by atomic mass is 35.5. The predicted molar refractivity (Wildman–Crippen MR) is 83.3 cm³/mol. The van der Waals surface area contributed by atoms with E-state index in [0.717, 1.165) is 0 Å². The first-order valence-corrected chi connectivity index (χ1v) is 6.81. The summed E-state index contributed by atoms with van der Waals surface area (Å²) >= 11 is 0. The summed E-state index contributed by atoms with van der Waals surface area (Å²) in [5.41, 5.74) is 0.543. The highest BCUT2D eigenvalue weighted by Crippen LogP contribution is 2.27. The van der Waals surface area contributed by atoms with Crippen molar-refractivity contribution in [3.8, 4) is 0 Å². The SMILES string of the molecule is CC1(C)CCCN(CCN2CCNCC2)C1.Cl.Cl. The Morgan fingerprint density at radius 2 is 1.56 bits per heavy atom. The van der Waals surface area contributed by atoms with E-state index in [4.69, 9.17) is 0 Å². The number of hydrogen-bond acceptors (Lipinski definition) is 3. The van der Waals surface area contributed by atoms with Crippen molar-refractivity contribution in [2.45, 2.75) is 26.7 Å². The zero-order valence-electron chi connectivity index (χ0n) is 11.8. The highest BCUT2D eigenvalue weighted by Gasteiger charge is 2.26. The Morgan fingerprint density at radius 1 is 0.944 bits per heavy atom. The minimum absolute atomic E-state index is 0. The van der Waals surface area contributed by atoms with Crippen molar-refractivity contribution in [3.63, 3.8) is 0 Å². The van der Waals surface area contributed by atoms with Gasteiger partial charge in [-0.1, -0.05) is 13.8 Å². The number of hydrogen-bond donors (Lipinski definition) is 1. The van der Waals surface area contributed by atoms with Gasteiger partial charge in [0.2, 0.25) is 0 Å². The van der Waals surface area contributed by atoms with E-state index in [1.807, 2.05) is 0 Å². The van der Waals surface area contributed by atoms with E-state index in [1.165, 1.54) is 65.2 Å². The third-order valence-electron chi connectivity index (χ3n) is 3.92. The van der Waals surface area contributed by atoms with E-state index in [2.05, 4.69) is 29.0 Å². The van der Waals surface area contributed by atoms with Gasteiger partial charge >= 0.3 is 0 Å². The monoisotopic (exact) mass is 297 g/mol. The molecule has 1 N–H and O–H groups in total. The molecule has 0 aromatic heterocycles. The lowest BCUT2D eigenvalue weighted by Gasteiger charge is -2.39. The summed E-state index contributed by atoms with van der Waals surface area (Å²) < 4.78 is 0. The maximum atomic E-state index is 3.41. The van der Waals surface area contributed by atoms with Gasteiger partial charge in [-0.2, -0.15) is 0 Å². The Hall–Kier alpha value is 0.460. The van der Waals surface area contributed by atoms with Crippen LogP contribution in [0.3, 0.4) is 0 Å². The van der Waals surface area contributed by atoms with Crippen LogP contribution in [0.15, 0.2) is 0 Å². The van der Waals surface area contributed by atoms with Crippen LogP contribution in [0.1, 0.15) is 26.7 Å². The van der Waals surface area contributed by atoms with Crippen LogP contribution in [0.2, 0.25) is 0 Å². The van der Waals surface area contributed by atoms with Crippen molar-refractivity contribution >= 4 is 24.8 Å². The van der Waals surface area contributed by atoms with Gasteiger partial charge in [-0.25, -0.2) is 0 Å². The van der Waals surface area contributed by atoms with Crippen LogP contribution in [0.4, 0.5) is 0 Å². The lowest BCUT2D eigenvalue weighted by molar-refractivity contribution is 0.101. The van der Waals surface area contributed by atoms with Gasteiger partial charge in [0, 0.05) is 45.8 Å². The standard InChI is InChI=1S/C13H27N3.2ClH/c1-13(2)4-3-7-16(12-13)11-10-15-8-5-14-6-9-15;;/h14H,3-12H2,1-2H3;2*1H. The predicted octanol–water partition coefficient (Wildman–Crippen LogP) is 1.86. The summed E-state index contributed by atoms with van der Waals surface area (Å²) in [4.78, 5) is 5.25. The van der Waals surface area contributed by atoms with Crippen LogP contribution in [0, 0.1) is 5.41 Å². The summed E-state index contributed by atoms with van der Waals surface area (Å²) in [5, 5.41) is 3.41. The Labute approximate surface area is 124 Å². The van der Waals surface area contributed by atoms with Gasteiger partial charge in [-0.3, -0.25) is 4.90 Å². The molecule has 2 rings (SSSR count). The van der Waals surface area contributed by atoms with Crippen molar-refractivity contribution in [1.82, 2.24) is 15.1 Å². The molecule has 3 nitrogen and oxygen atoms in total. The summed E-state index contributed by atoms with van der Waals surface area (Å²) in [6.45, 7) is 14.8. The molecule has 2 aliphatic heterocycles. The van der Waals surface area contributed by atoms with E-state index in [-0.39, 0.29) is 24.8 Å². The molecule has 0 bridgehead atoms. The number of piperazine rings is 1. The molecule has 2 aliphatic rings.